The third-order valence-electron chi connectivity index (χ3n) is 20.6. The molecule has 0 saturated carbocycles. The van der Waals surface area contributed by atoms with Gasteiger partial charge in [-0.2, -0.15) is 0 Å². The van der Waals surface area contributed by atoms with E-state index in [1.54, 1.807) is 42.5 Å². The van der Waals surface area contributed by atoms with Crippen molar-refractivity contribution in [3.8, 4) is 0 Å². The molecular weight excluding hydrogens is 1480 g/mol. The molecule has 0 aromatic rings. The zero-order valence-corrected chi connectivity index (χ0v) is 67.4. The number of rotatable bonds is 42. The van der Waals surface area contributed by atoms with Crippen LogP contribution in [-0.2, 0) is 166 Å². The van der Waals surface area contributed by atoms with Crippen LogP contribution in [-0.4, -0.2) is 407 Å². The molecule has 644 valence electrons. The van der Waals surface area contributed by atoms with Crippen molar-refractivity contribution in [3.63, 3.8) is 0 Å². The Morgan fingerprint density at radius 2 is 0.277 bits per heavy atom. The van der Waals surface area contributed by atoms with Crippen molar-refractivity contribution in [2.75, 3.05) is 192 Å². The van der Waals surface area contributed by atoms with E-state index in [0.717, 1.165) is 0 Å². The summed E-state index contributed by atoms with van der Waals surface area (Å²) in [4.78, 5) is 0. The van der Waals surface area contributed by atoms with Crippen molar-refractivity contribution >= 4 is 0 Å². The molecule has 14 bridgehead atoms. The van der Waals surface area contributed by atoms with Crippen LogP contribution in [0.4, 0.5) is 0 Å². The molecule has 0 amide bonds. The van der Waals surface area contributed by atoms with Gasteiger partial charge < -0.3 is 166 Å². The predicted molar refractivity (Wildman–Crippen MR) is 393 cm³/mol. The van der Waals surface area contributed by atoms with Crippen LogP contribution in [0.25, 0.3) is 0 Å². The third-order valence-corrected chi connectivity index (χ3v) is 20.6. The summed E-state index contributed by atoms with van der Waals surface area (Å²) in [5.74, 6) is 0. The van der Waals surface area contributed by atoms with Gasteiger partial charge in [-0.1, -0.05) is 42.5 Å². The molecule has 21 fully saturated rings. The highest BCUT2D eigenvalue weighted by atomic mass is 16.8. The lowest BCUT2D eigenvalue weighted by molar-refractivity contribution is -0.403. The zero-order chi connectivity index (χ0) is 80.8. The quantitative estimate of drug-likeness (QED) is 0.0625. The first kappa shape index (κ1) is 94.3. The van der Waals surface area contributed by atoms with E-state index in [2.05, 4.69) is 46.1 Å². The Kier molecular flexibility index (Phi) is 41.5. The molecule has 0 aromatic carbocycles. The second kappa shape index (κ2) is 49.4. The highest BCUT2D eigenvalue weighted by Crippen LogP contribution is 2.43. The fourth-order valence-electron chi connectivity index (χ4n) is 15.6. The topological polar surface area (TPSA) is 323 Å². The molecule has 0 aromatic heterocycles. The summed E-state index contributed by atoms with van der Waals surface area (Å²) in [6, 6.07) is 0. The Labute approximate surface area is 659 Å². The van der Waals surface area contributed by atoms with Gasteiger partial charge in [0, 0.05) is 99.5 Å². The summed E-state index contributed by atoms with van der Waals surface area (Å²) >= 11 is 0. The van der Waals surface area contributed by atoms with Gasteiger partial charge in [-0.25, -0.2) is 0 Å². The van der Waals surface area contributed by atoms with Gasteiger partial charge in [0.15, 0.2) is 44.0 Å². The first-order valence-corrected chi connectivity index (χ1v) is 37.6. The molecule has 112 heavy (non-hydrogen) atoms. The average Bonchev–Trinajstić information content (AvgIpc) is 0.767. The van der Waals surface area contributed by atoms with Gasteiger partial charge >= 0.3 is 0 Å². The Balaban J connectivity index is 1.30. The second-order valence-corrected chi connectivity index (χ2v) is 27.1. The largest absolute Gasteiger partial charge is 0.376 e. The average molecular weight is 1610 g/mol. The number of ether oxygens (including phenoxy) is 35. The van der Waals surface area contributed by atoms with Crippen LogP contribution >= 0.6 is 0 Å². The van der Waals surface area contributed by atoms with Crippen LogP contribution in [0.3, 0.4) is 0 Å². The molecule has 21 aliphatic rings. The van der Waals surface area contributed by atoms with Crippen molar-refractivity contribution in [3.05, 3.63) is 88.6 Å². The summed E-state index contributed by atoms with van der Waals surface area (Å²) in [5, 5.41) is 0. The van der Waals surface area contributed by atoms with Gasteiger partial charge in [0.25, 0.3) is 0 Å². The van der Waals surface area contributed by atoms with Crippen molar-refractivity contribution in [2.24, 2.45) is 0 Å². The Bertz CT molecular complexity index is 2200. The van der Waals surface area contributed by atoms with Gasteiger partial charge in [-0.3, -0.25) is 0 Å². The number of hydrogen-bond donors (Lipinski definition) is 0. The van der Waals surface area contributed by atoms with Crippen LogP contribution in [0.2, 0.25) is 0 Å². The third kappa shape index (κ3) is 23.0. The van der Waals surface area contributed by atoms with E-state index in [-0.39, 0.29) is 92.5 Å². The van der Waals surface area contributed by atoms with Crippen molar-refractivity contribution < 1.29 is 166 Å². The van der Waals surface area contributed by atoms with Crippen LogP contribution in [0.5, 0.6) is 0 Å². The molecular formula is C77H126O35. The summed E-state index contributed by atoms with van der Waals surface area (Å²) < 4.78 is 232. The molecule has 21 heterocycles. The smallest absolute Gasteiger partial charge is 0.187 e. The van der Waals surface area contributed by atoms with Crippen molar-refractivity contribution in [1.82, 2.24) is 0 Å². The van der Waals surface area contributed by atoms with Crippen LogP contribution in [0.1, 0.15) is 0 Å². The molecule has 35 atom stereocenters. The Morgan fingerprint density at radius 3 is 0.366 bits per heavy atom. The first-order chi connectivity index (χ1) is 54.7. The summed E-state index contributed by atoms with van der Waals surface area (Å²) in [5.41, 5.74) is 0. The summed E-state index contributed by atoms with van der Waals surface area (Å²) in [6.07, 6.45) is -27.5. The zero-order valence-electron chi connectivity index (χ0n) is 67.4. The SMILES string of the molecule is C=CCOC[C@H]1O[C@@H]2O[C@H]3[C@H](OC)[C@@H](OC)[C@@H](O[C@H]4[C@H](OC)[C@@H](OC)[C@@H](O[C@H]5[C@H](OC)[C@@H](OC)[C@@H](O[C@H]6[C@H](OC)[C@@H](OC)[C@@H](O[C@H]7[C@H](OC)[C@@H](OC)[C@@H](O[C@H]8[C@H](OC)[C@@H](OC)[C@@H](O[C@H]1[C@H](OC)[C@H]2OC)O[C@@H]8COCC=C)O[C@@H]7COCC=C)O[C@@H]6COCC=C)O[C@@H]5COCC=C)O[C@@H]4COCC=C)O[C@@H]3COCC=C. The Hall–Kier alpha value is -3.22. The summed E-state index contributed by atoms with van der Waals surface area (Å²) in [6.45, 7) is 27.3. The number of methoxy groups -OCH3 is 14. The van der Waals surface area contributed by atoms with Gasteiger partial charge in [0.1, 0.15) is 171 Å². The lowest BCUT2D eigenvalue weighted by Gasteiger charge is -2.52. The van der Waals surface area contributed by atoms with Crippen LogP contribution in [0.15, 0.2) is 88.6 Å². The number of hydrogen-bond acceptors (Lipinski definition) is 35. The van der Waals surface area contributed by atoms with E-state index in [4.69, 9.17) is 166 Å². The second-order valence-electron chi connectivity index (χ2n) is 27.1. The maximum Gasteiger partial charge on any atom is 0.187 e. The van der Waals surface area contributed by atoms with Gasteiger partial charge in [0.2, 0.25) is 0 Å². The molecule has 0 unspecified atom stereocenters. The minimum atomic E-state index is -1.30. The lowest BCUT2D eigenvalue weighted by Crippen LogP contribution is -2.69. The highest BCUT2D eigenvalue weighted by molar-refractivity contribution is 5.05. The summed E-state index contributed by atoms with van der Waals surface area (Å²) in [7, 11) is 20.9. The van der Waals surface area contributed by atoms with Gasteiger partial charge in [-0.15, -0.1) is 46.1 Å². The van der Waals surface area contributed by atoms with Gasteiger partial charge in [-0.05, 0) is 0 Å². The molecule has 35 heteroatoms. The standard InChI is InChI=1S/C77H126O35/c1-22-29-92-36-43-50-57(78-8)64(85-15)71(99-43)107-51-44(37-93-30-23-2)101-73(66(87-17)58(51)79-9)109-53-46(39-95-32-25-4)103-75(68(89-19)60(53)81-11)111-55-48(41-97-34-27-6)105-77(70(91-21)62(55)83-13)112-56-49(42-98-35-28-7)104-76(69(90-20)63(56)84-14)110-54-47(40-96-33-26-5)102-74(67(88-18)61(54)82-12)108-52-45(38-94-31-24-3)100-72(106-50)65(86-16)59(52)80-10/h22-28,43-77H,1-7,29-42H2,8-21H3/t43-,44-,45-,46-,47-,48-,49-,50-,51-,52-,53-,54-,55-,56-,57+,58+,59+,60+,61+,62+,63+,64-,65-,66-,67-,68-,69-,70-,71-,72-,73-,74-,75-,76-,77-/m1/s1. The predicted octanol–water partition coefficient (Wildman–Crippen LogP) is 2.40. The van der Waals surface area contributed by atoms with E-state index < -0.39 is 215 Å². The van der Waals surface area contributed by atoms with Crippen LogP contribution in [0, 0.1) is 0 Å². The fraction of sp³-hybridized carbons (Fsp3) is 0.818. The fourth-order valence-corrected chi connectivity index (χ4v) is 15.6. The van der Waals surface area contributed by atoms with Crippen molar-refractivity contribution in [1.29, 1.82) is 0 Å². The molecule has 21 saturated heterocycles. The van der Waals surface area contributed by atoms with E-state index in [0.29, 0.717) is 0 Å². The highest BCUT2D eigenvalue weighted by Gasteiger charge is 2.62. The minimum absolute atomic E-state index is 0.109. The van der Waals surface area contributed by atoms with E-state index in [1.165, 1.54) is 99.5 Å². The monoisotopic (exact) mass is 1610 g/mol. The minimum Gasteiger partial charge on any atom is -0.376 e. The molecule has 21 rings (SSSR count). The van der Waals surface area contributed by atoms with E-state index in [1.807, 2.05) is 0 Å². The first-order valence-electron chi connectivity index (χ1n) is 37.6. The molecule has 0 aliphatic carbocycles. The normalized spacial score (nSPS) is 41.5. The molecule has 21 aliphatic heterocycles. The Morgan fingerprint density at radius 1 is 0.170 bits per heavy atom. The van der Waals surface area contributed by atoms with Crippen molar-refractivity contribution in [2.45, 2.75) is 215 Å². The van der Waals surface area contributed by atoms with E-state index >= 15 is 0 Å². The maximum atomic E-state index is 7.18. The lowest BCUT2D eigenvalue weighted by atomic mass is 9.94. The molecule has 0 spiro atoms. The maximum absolute atomic E-state index is 7.18. The van der Waals surface area contributed by atoms with Gasteiger partial charge in [0.05, 0.1) is 92.5 Å². The van der Waals surface area contributed by atoms with Crippen LogP contribution < -0.4 is 0 Å². The molecule has 35 nitrogen and oxygen atoms in total. The van der Waals surface area contributed by atoms with E-state index in [9.17, 15) is 0 Å². The molecule has 0 N–H and O–H groups in total. The molecule has 0 radical (unpaired) electrons.